The Labute approximate surface area is 174 Å². The molecule has 2 unspecified atom stereocenters. The number of ether oxygens (including phenoxy) is 1. The molecule has 146 valence electrons. The Hall–Kier alpha value is 0.863. The maximum atomic E-state index is 4.93. The van der Waals surface area contributed by atoms with Gasteiger partial charge in [0.05, 0.1) is 0 Å². The van der Waals surface area contributed by atoms with Gasteiger partial charge in [-0.2, -0.15) is 6.42 Å². The van der Waals surface area contributed by atoms with Crippen molar-refractivity contribution in [2.75, 3.05) is 13.2 Å². The van der Waals surface area contributed by atoms with E-state index in [0.29, 0.717) is 0 Å². The normalized spacial score (nSPS) is 27.0. The molecule has 0 aromatic heterocycles. The third kappa shape index (κ3) is 11.3. The molecule has 0 radical (unpaired) electrons. The molecule has 1 saturated carbocycles. The molecule has 3 atom stereocenters. The summed E-state index contributed by atoms with van der Waals surface area (Å²) in [6.07, 6.45) is 12.0. The van der Waals surface area contributed by atoms with Gasteiger partial charge in [-0.1, -0.05) is 57.9 Å². The molecular weight excluding hydrogens is 432 g/mol. The van der Waals surface area contributed by atoms with Crippen molar-refractivity contribution >= 4 is 17.0 Å². The van der Waals surface area contributed by atoms with Crippen molar-refractivity contribution in [1.82, 2.24) is 0 Å². The van der Waals surface area contributed by atoms with Crippen LogP contribution in [0.4, 0.5) is 0 Å². The zero-order valence-corrected chi connectivity index (χ0v) is 20.4. The number of nitrogens with zero attached hydrogens (tertiary/aromatic N) is 1. The summed E-state index contributed by atoms with van der Waals surface area (Å²) < 4.78 is 4.82. The topological polar surface area (TPSA) is 23.3 Å². The fraction of sp³-hybridized carbons (Fsp3) is 0.700. The quantitative estimate of drug-likeness (QED) is 0.398. The zero-order chi connectivity index (χ0) is 18.0. The average Bonchev–Trinajstić information content (AvgIpc) is 3.16. The third-order valence-electron chi connectivity index (χ3n) is 4.43. The van der Waals surface area contributed by atoms with Crippen LogP contribution in [0.15, 0.2) is 23.8 Å². The summed E-state index contributed by atoms with van der Waals surface area (Å²) in [5, 5.41) is 4.76. The first-order valence-electron chi connectivity index (χ1n) is 8.83. The monoisotopic (exact) mass is 464 g/mol. The van der Waals surface area contributed by atoms with E-state index in [1.54, 1.807) is 5.57 Å². The SMILES string of the molecule is C[C@H]1CC2C=CC=C(C[N-]C(C)(C)C)C2C1.[CH-]1CCCO1.[CH3-].[Cl][Zr][Cl]. The van der Waals surface area contributed by atoms with Gasteiger partial charge in [0.25, 0.3) is 0 Å². The van der Waals surface area contributed by atoms with Crippen LogP contribution in [0.25, 0.3) is 5.32 Å². The molecule has 1 saturated heterocycles. The van der Waals surface area contributed by atoms with Crippen LogP contribution in [0, 0.1) is 31.8 Å². The standard InChI is InChI=1S/C15H24N.C4H7O.CH3.2ClH.Zr/c1-11-8-12-6-5-7-13(14(12)9-11)10-16-15(2,3)4;1-2-4-5-3-1;;;;/h5-7,11-12,14H,8-10H2,1-4H3;3H,1-2,4H2;1H3;2*1H;/q3*-1;;;+2/p-2/t11-,12?,14?;;;;;/m0...../s1. The minimum absolute atomic E-state index is 0. The summed E-state index contributed by atoms with van der Waals surface area (Å²) >= 11 is -0.826. The molecule has 2 fully saturated rings. The van der Waals surface area contributed by atoms with Crippen LogP contribution in [-0.4, -0.2) is 18.7 Å². The van der Waals surface area contributed by atoms with Gasteiger partial charge >= 0.3 is 37.9 Å². The van der Waals surface area contributed by atoms with E-state index in [4.69, 9.17) is 27.1 Å². The second-order valence-corrected chi connectivity index (χ2v) is 11.4. The van der Waals surface area contributed by atoms with Crippen LogP contribution in [0.5, 0.6) is 0 Å². The van der Waals surface area contributed by atoms with E-state index in [9.17, 15) is 0 Å². The number of allylic oxidation sites excluding steroid dienone is 3. The predicted octanol–water partition coefficient (Wildman–Crippen LogP) is 7.10. The van der Waals surface area contributed by atoms with Crippen LogP contribution in [0.1, 0.15) is 53.4 Å². The molecule has 0 amide bonds. The van der Waals surface area contributed by atoms with Crippen LogP contribution < -0.4 is 0 Å². The van der Waals surface area contributed by atoms with Crippen molar-refractivity contribution in [3.05, 3.63) is 43.2 Å². The summed E-state index contributed by atoms with van der Waals surface area (Å²) in [7, 11) is 9.87. The van der Waals surface area contributed by atoms with Gasteiger partial charge in [-0.25, -0.2) is 6.61 Å². The Morgan fingerprint density at radius 3 is 2.48 bits per heavy atom. The maximum absolute atomic E-state index is 4.93. The molecule has 0 bridgehead atoms. The van der Waals surface area contributed by atoms with Crippen molar-refractivity contribution in [3.8, 4) is 0 Å². The fourth-order valence-electron chi connectivity index (χ4n) is 3.33. The summed E-state index contributed by atoms with van der Waals surface area (Å²) in [6, 6.07) is 0. The number of rotatable bonds is 2. The van der Waals surface area contributed by atoms with E-state index in [1.165, 1.54) is 19.3 Å². The molecule has 25 heavy (non-hydrogen) atoms. The van der Waals surface area contributed by atoms with Gasteiger partial charge < -0.3 is 17.5 Å². The second-order valence-electron chi connectivity index (χ2n) is 7.71. The number of halogens is 2. The molecular formula is C20H34Cl2NOZr-3. The van der Waals surface area contributed by atoms with E-state index in [0.717, 1.165) is 37.3 Å². The number of fused-ring (bicyclic) bond motifs is 1. The third-order valence-corrected chi connectivity index (χ3v) is 4.43. The van der Waals surface area contributed by atoms with Crippen LogP contribution in [-0.2, 0) is 25.6 Å². The van der Waals surface area contributed by atoms with Crippen LogP contribution in [0.3, 0.4) is 0 Å². The van der Waals surface area contributed by atoms with Gasteiger partial charge in [0, 0.05) is 6.61 Å². The molecule has 3 rings (SSSR count). The van der Waals surface area contributed by atoms with Crippen molar-refractivity contribution < 1.29 is 25.6 Å². The first-order valence-corrected chi connectivity index (χ1v) is 15.2. The molecule has 2 aliphatic carbocycles. The Morgan fingerprint density at radius 2 is 2.00 bits per heavy atom. The summed E-state index contributed by atoms with van der Waals surface area (Å²) in [6.45, 7) is 12.7. The first kappa shape index (κ1) is 25.9. The van der Waals surface area contributed by atoms with E-state index < -0.39 is 20.8 Å². The molecule has 0 spiro atoms. The van der Waals surface area contributed by atoms with Gasteiger partial charge in [0.1, 0.15) is 0 Å². The number of hydrogen-bond acceptors (Lipinski definition) is 1. The van der Waals surface area contributed by atoms with Crippen molar-refractivity contribution in [2.45, 2.75) is 58.9 Å². The van der Waals surface area contributed by atoms with Crippen molar-refractivity contribution in [1.29, 1.82) is 0 Å². The summed E-state index contributed by atoms with van der Waals surface area (Å²) in [5.74, 6) is 2.46. The molecule has 0 aromatic carbocycles. The van der Waals surface area contributed by atoms with Gasteiger partial charge in [0.15, 0.2) is 0 Å². The van der Waals surface area contributed by atoms with Gasteiger partial charge in [-0.15, -0.1) is 12.1 Å². The van der Waals surface area contributed by atoms with Crippen molar-refractivity contribution in [2.24, 2.45) is 17.8 Å². The van der Waals surface area contributed by atoms with Gasteiger partial charge in [-0.05, 0) is 30.6 Å². The molecule has 5 heteroatoms. The number of hydrogen-bond donors (Lipinski definition) is 0. The molecule has 0 aromatic rings. The van der Waals surface area contributed by atoms with E-state index in [1.807, 2.05) is 6.61 Å². The first-order chi connectivity index (χ1) is 11.4. The Balaban J connectivity index is 0.000000535. The molecule has 2 nitrogen and oxygen atoms in total. The Morgan fingerprint density at radius 1 is 1.32 bits per heavy atom. The Bertz CT molecular complexity index is 395. The van der Waals surface area contributed by atoms with Crippen molar-refractivity contribution in [3.63, 3.8) is 0 Å². The van der Waals surface area contributed by atoms with Gasteiger partial charge in [-0.3, -0.25) is 0 Å². The van der Waals surface area contributed by atoms with Crippen LogP contribution >= 0.6 is 17.0 Å². The Kier molecular flexibility index (Phi) is 14.4. The molecule has 3 aliphatic rings. The average molecular weight is 467 g/mol. The van der Waals surface area contributed by atoms with Crippen LogP contribution in [0.2, 0.25) is 0 Å². The molecule has 1 aliphatic heterocycles. The van der Waals surface area contributed by atoms with Gasteiger partial charge in [0.2, 0.25) is 0 Å². The molecule has 1 heterocycles. The predicted molar refractivity (Wildman–Crippen MR) is 108 cm³/mol. The molecule has 0 N–H and O–H groups in total. The van der Waals surface area contributed by atoms with E-state index in [-0.39, 0.29) is 13.0 Å². The zero-order valence-electron chi connectivity index (χ0n) is 16.4. The second kappa shape index (κ2) is 13.9. The summed E-state index contributed by atoms with van der Waals surface area (Å²) in [4.78, 5) is 0. The van der Waals surface area contributed by atoms with E-state index >= 15 is 0 Å². The minimum atomic E-state index is -0.826. The summed E-state index contributed by atoms with van der Waals surface area (Å²) in [5.41, 5.74) is 1.66. The fourth-order valence-corrected chi connectivity index (χ4v) is 3.33. The van der Waals surface area contributed by atoms with E-state index in [2.05, 4.69) is 45.9 Å².